The molecule has 2 rings (SSSR count). The maximum atomic E-state index is 5.88. The van der Waals surface area contributed by atoms with Crippen LogP contribution >= 0.6 is 11.6 Å². The van der Waals surface area contributed by atoms with Crippen molar-refractivity contribution < 1.29 is 4.74 Å². The molecule has 1 aliphatic rings. The molecule has 1 aliphatic carbocycles. The second kappa shape index (κ2) is 7.34. The second-order valence-electron chi connectivity index (χ2n) is 4.68. The molecule has 0 atom stereocenters. The minimum atomic E-state index is 0.270. The van der Waals surface area contributed by atoms with Crippen LogP contribution in [0.3, 0.4) is 0 Å². The molecule has 0 unspecified atom stereocenters. The van der Waals surface area contributed by atoms with Crippen molar-refractivity contribution in [2.45, 2.75) is 45.1 Å². The maximum absolute atomic E-state index is 5.88. The van der Waals surface area contributed by atoms with E-state index in [0.29, 0.717) is 12.6 Å². The molecule has 0 aromatic carbocycles. The second-order valence-corrected chi connectivity index (χ2v) is 5.02. The van der Waals surface area contributed by atoms with Crippen molar-refractivity contribution in [2.75, 3.05) is 11.9 Å². The van der Waals surface area contributed by atoms with E-state index in [1.54, 1.807) is 12.5 Å². The normalized spacial score (nSPS) is 16.7. The number of nitrogens with zero attached hydrogens (tertiary/aromatic N) is 2. The molecule has 0 aliphatic heterocycles. The summed E-state index contributed by atoms with van der Waals surface area (Å²) < 4.78 is 5.22. The Bertz CT molecular complexity index is 431. The first kappa shape index (κ1) is 14.1. The lowest BCUT2D eigenvalue weighted by atomic mass is 9.95. The Morgan fingerprint density at radius 3 is 2.95 bits per heavy atom. The number of halogens is 1. The molecule has 104 valence electrons. The summed E-state index contributed by atoms with van der Waals surface area (Å²) in [7, 11) is 0. The standard InChI is InChI=1S/C14H20ClN3O/c1-2-19-9-8-11-10-16-14(15)18-13(11)17-12-6-4-3-5-7-12/h8-10,12H,2-7H2,1H3,(H,16,17,18)/b9-8+. The van der Waals surface area contributed by atoms with Gasteiger partial charge in [-0.3, -0.25) is 0 Å². The van der Waals surface area contributed by atoms with Gasteiger partial charge in [-0.15, -0.1) is 0 Å². The third-order valence-electron chi connectivity index (χ3n) is 3.24. The van der Waals surface area contributed by atoms with E-state index in [4.69, 9.17) is 16.3 Å². The molecule has 1 saturated carbocycles. The first-order valence-electron chi connectivity index (χ1n) is 6.87. The highest BCUT2D eigenvalue weighted by Gasteiger charge is 2.15. The highest BCUT2D eigenvalue weighted by atomic mass is 35.5. The minimum Gasteiger partial charge on any atom is -0.501 e. The average Bonchev–Trinajstić information content (AvgIpc) is 2.43. The summed E-state index contributed by atoms with van der Waals surface area (Å²) in [6, 6.07) is 0.485. The molecule has 0 bridgehead atoms. The zero-order valence-corrected chi connectivity index (χ0v) is 12.0. The van der Waals surface area contributed by atoms with E-state index in [0.717, 1.165) is 11.4 Å². The molecular formula is C14H20ClN3O. The minimum absolute atomic E-state index is 0.270. The number of aromatic nitrogens is 2. The van der Waals surface area contributed by atoms with Crippen molar-refractivity contribution in [3.63, 3.8) is 0 Å². The Labute approximate surface area is 119 Å². The van der Waals surface area contributed by atoms with Gasteiger partial charge in [0.2, 0.25) is 5.28 Å². The maximum Gasteiger partial charge on any atom is 0.224 e. The van der Waals surface area contributed by atoms with Gasteiger partial charge in [-0.1, -0.05) is 19.3 Å². The van der Waals surface area contributed by atoms with Crippen molar-refractivity contribution in [1.29, 1.82) is 0 Å². The Morgan fingerprint density at radius 2 is 2.21 bits per heavy atom. The van der Waals surface area contributed by atoms with Gasteiger partial charge in [0.05, 0.1) is 12.9 Å². The number of hydrogen-bond acceptors (Lipinski definition) is 4. The number of ether oxygens (including phenoxy) is 1. The molecular weight excluding hydrogens is 262 g/mol. The fourth-order valence-corrected chi connectivity index (χ4v) is 2.40. The fourth-order valence-electron chi connectivity index (χ4n) is 2.27. The van der Waals surface area contributed by atoms with Crippen LogP contribution in [0, 0.1) is 0 Å². The largest absolute Gasteiger partial charge is 0.501 e. The predicted molar refractivity (Wildman–Crippen MR) is 78.2 cm³/mol. The first-order valence-corrected chi connectivity index (χ1v) is 7.24. The molecule has 4 nitrogen and oxygen atoms in total. The topological polar surface area (TPSA) is 47.0 Å². The Kier molecular flexibility index (Phi) is 5.45. The summed E-state index contributed by atoms with van der Waals surface area (Å²) in [4.78, 5) is 8.30. The van der Waals surface area contributed by atoms with Gasteiger partial charge in [-0.2, -0.15) is 0 Å². The summed E-state index contributed by atoms with van der Waals surface area (Å²) in [6.45, 7) is 2.60. The van der Waals surface area contributed by atoms with Crippen LogP contribution in [0.4, 0.5) is 5.82 Å². The SMILES string of the molecule is CCO/C=C/c1cnc(Cl)nc1NC1CCCCC1. The van der Waals surface area contributed by atoms with Crippen LogP contribution < -0.4 is 5.32 Å². The van der Waals surface area contributed by atoms with Crippen molar-refractivity contribution in [1.82, 2.24) is 9.97 Å². The number of nitrogens with one attached hydrogen (secondary N) is 1. The van der Waals surface area contributed by atoms with E-state index in [1.807, 2.05) is 13.0 Å². The Morgan fingerprint density at radius 1 is 1.42 bits per heavy atom. The van der Waals surface area contributed by atoms with E-state index >= 15 is 0 Å². The lowest BCUT2D eigenvalue weighted by Gasteiger charge is -2.24. The van der Waals surface area contributed by atoms with E-state index in [9.17, 15) is 0 Å². The predicted octanol–water partition coefficient (Wildman–Crippen LogP) is 3.88. The van der Waals surface area contributed by atoms with Gasteiger partial charge in [-0.05, 0) is 37.4 Å². The summed E-state index contributed by atoms with van der Waals surface area (Å²) in [5.74, 6) is 0.794. The van der Waals surface area contributed by atoms with E-state index in [1.165, 1.54) is 32.1 Å². The number of anilines is 1. The van der Waals surface area contributed by atoms with Crippen LogP contribution in [0.5, 0.6) is 0 Å². The zero-order chi connectivity index (χ0) is 13.5. The highest BCUT2D eigenvalue weighted by molar-refractivity contribution is 6.28. The lowest BCUT2D eigenvalue weighted by Crippen LogP contribution is -2.23. The summed E-state index contributed by atoms with van der Waals surface area (Å²) >= 11 is 5.88. The molecule has 1 aromatic heterocycles. The third kappa shape index (κ3) is 4.39. The molecule has 0 spiro atoms. The van der Waals surface area contributed by atoms with Crippen LogP contribution in [0.25, 0.3) is 6.08 Å². The van der Waals surface area contributed by atoms with Crippen molar-refractivity contribution in [2.24, 2.45) is 0 Å². The number of rotatable bonds is 5. The first-order chi connectivity index (χ1) is 9.29. The van der Waals surface area contributed by atoms with Gasteiger partial charge in [0.1, 0.15) is 5.82 Å². The lowest BCUT2D eigenvalue weighted by molar-refractivity contribution is 0.272. The highest BCUT2D eigenvalue weighted by Crippen LogP contribution is 2.23. The fraction of sp³-hybridized carbons (Fsp3) is 0.571. The molecule has 1 fully saturated rings. The molecule has 0 saturated heterocycles. The smallest absolute Gasteiger partial charge is 0.224 e. The van der Waals surface area contributed by atoms with E-state index < -0.39 is 0 Å². The molecule has 5 heteroatoms. The van der Waals surface area contributed by atoms with Crippen LogP contribution in [-0.2, 0) is 4.74 Å². The molecule has 19 heavy (non-hydrogen) atoms. The van der Waals surface area contributed by atoms with Gasteiger partial charge in [0.25, 0.3) is 0 Å². The monoisotopic (exact) mass is 281 g/mol. The molecule has 0 radical (unpaired) electrons. The summed E-state index contributed by atoms with van der Waals surface area (Å²) in [6.07, 6.45) is 11.5. The quantitative estimate of drug-likeness (QED) is 0.657. The zero-order valence-electron chi connectivity index (χ0n) is 11.2. The average molecular weight is 282 g/mol. The summed E-state index contributed by atoms with van der Waals surface area (Å²) in [5, 5.41) is 3.75. The molecule has 1 N–H and O–H groups in total. The Hall–Kier alpha value is -1.29. The van der Waals surface area contributed by atoms with Gasteiger partial charge < -0.3 is 10.1 Å². The third-order valence-corrected chi connectivity index (χ3v) is 3.43. The van der Waals surface area contributed by atoms with Crippen LogP contribution in [0.15, 0.2) is 12.5 Å². The van der Waals surface area contributed by atoms with Crippen molar-refractivity contribution >= 4 is 23.5 Å². The summed E-state index contributed by atoms with van der Waals surface area (Å²) in [5.41, 5.74) is 0.906. The van der Waals surface area contributed by atoms with Gasteiger partial charge >= 0.3 is 0 Å². The van der Waals surface area contributed by atoms with Crippen molar-refractivity contribution in [3.05, 3.63) is 23.3 Å². The molecule has 0 amide bonds. The van der Waals surface area contributed by atoms with E-state index in [2.05, 4.69) is 15.3 Å². The van der Waals surface area contributed by atoms with Crippen LogP contribution in [-0.4, -0.2) is 22.6 Å². The van der Waals surface area contributed by atoms with Gasteiger partial charge in [0.15, 0.2) is 0 Å². The van der Waals surface area contributed by atoms with Gasteiger partial charge in [0, 0.05) is 17.8 Å². The molecule has 1 aromatic rings. The number of hydrogen-bond donors (Lipinski definition) is 1. The van der Waals surface area contributed by atoms with Crippen molar-refractivity contribution in [3.8, 4) is 0 Å². The van der Waals surface area contributed by atoms with Crippen LogP contribution in [0.1, 0.15) is 44.6 Å². The molecule has 1 heterocycles. The van der Waals surface area contributed by atoms with Gasteiger partial charge in [-0.25, -0.2) is 9.97 Å². The van der Waals surface area contributed by atoms with E-state index in [-0.39, 0.29) is 5.28 Å². The Balaban J connectivity index is 2.09. The van der Waals surface area contributed by atoms with Crippen LogP contribution in [0.2, 0.25) is 5.28 Å².